The molecule has 1 aliphatic rings. The van der Waals surface area contributed by atoms with Gasteiger partial charge in [-0.05, 0) is 25.8 Å². The van der Waals surface area contributed by atoms with Crippen molar-refractivity contribution in [2.45, 2.75) is 38.5 Å². The maximum Gasteiger partial charge on any atom is 0.157 e. The Kier molecular flexibility index (Phi) is 5.21. The average Bonchev–Trinajstić information content (AvgIpc) is 2.59. The van der Waals surface area contributed by atoms with E-state index in [4.69, 9.17) is 4.74 Å². The zero-order chi connectivity index (χ0) is 12.2. The first-order valence-corrected chi connectivity index (χ1v) is 7.69. The van der Waals surface area contributed by atoms with Crippen LogP contribution in [-0.4, -0.2) is 45.2 Å². The SMILES string of the molecule is CC(C)CNCCS(=O)(=O)C1CCOC1C. The van der Waals surface area contributed by atoms with Gasteiger partial charge in [0, 0.05) is 13.2 Å². The van der Waals surface area contributed by atoms with Crippen LogP contribution in [-0.2, 0) is 14.6 Å². The van der Waals surface area contributed by atoms with Gasteiger partial charge in [-0.3, -0.25) is 0 Å². The van der Waals surface area contributed by atoms with Gasteiger partial charge in [0.2, 0.25) is 0 Å². The molecule has 1 saturated heterocycles. The predicted octanol–water partition coefficient (Wildman–Crippen LogP) is 0.824. The van der Waals surface area contributed by atoms with Crippen LogP contribution in [0.5, 0.6) is 0 Å². The molecule has 2 unspecified atom stereocenters. The largest absolute Gasteiger partial charge is 0.377 e. The van der Waals surface area contributed by atoms with Crippen LogP contribution in [0.3, 0.4) is 0 Å². The van der Waals surface area contributed by atoms with E-state index in [1.807, 2.05) is 6.92 Å². The fourth-order valence-corrected chi connectivity index (χ4v) is 3.79. The summed E-state index contributed by atoms with van der Waals surface area (Å²) in [5.74, 6) is 0.773. The highest BCUT2D eigenvalue weighted by Gasteiger charge is 2.35. The van der Waals surface area contributed by atoms with Gasteiger partial charge >= 0.3 is 0 Å². The highest BCUT2D eigenvalue weighted by Crippen LogP contribution is 2.21. The Morgan fingerprint density at radius 3 is 2.62 bits per heavy atom. The summed E-state index contributed by atoms with van der Waals surface area (Å²) in [7, 11) is -2.99. The molecule has 0 aromatic rings. The Labute approximate surface area is 98.7 Å². The first-order chi connectivity index (χ1) is 7.43. The van der Waals surface area contributed by atoms with Crippen molar-refractivity contribution in [3.63, 3.8) is 0 Å². The quantitative estimate of drug-likeness (QED) is 0.708. The number of nitrogens with one attached hydrogen (secondary N) is 1. The van der Waals surface area contributed by atoms with E-state index in [0.29, 0.717) is 25.5 Å². The lowest BCUT2D eigenvalue weighted by Crippen LogP contribution is -2.34. The van der Waals surface area contributed by atoms with Crippen molar-refractivity contribution < 1.29 is 13.2 Å². The number of rotatable bonds is 6. The summed E-state index contributed by atoms with van der Waals surface area (Å²) in [6, 6.07) is 0. The van der Waals surface area contributed by atoms with Crippen LogP contribution < -0.4 is 5.32 Å². The number of hydrogen-bond donors (Lipinski definition) is 1. The van der Waals surface area contributed by atoms with E-state index in [1.54, 1.807) is 0 Å². The second-order valence-electron chi connectivity index (χ2n) is 4.87. The minimum atomic E-state index is -2.99. The predicted molar refractivity (Wildman–Crippen MR) is 65.3 cm³/mol. The molecule has 2 atom stereocenters. The van der Waals surface area contributed by atoms with E-state index < -0.39 is 9.84 Å². The molecular formula is C11H23NO3S. The summed E-state index contributed by atoms with van der Waals surface area (Å²) in [5.41, 5.74) is 0. The molecule has 4 nitrogen and oxygen atoms in total. The fourth-order valence-electron chi connectivity index (χ4n) is 1.94. The zero-order valence-electron chi connectivity index (χ0n) is 10.4. The van der Waals surface area contributed by atoms with Crippen molar-refractivity contribution in [3.8, 4) is 0 Å². The highest BCUT2D eigenvalue weighted by molar-refractivity contribution is 7.92. The van der Waals surface area contributed by atoms with Crippen LogP contribution in [0.1, 0.15) is 27.2 Å². The van der Waals surface area contributed by atoms with E-state index >= 15 is 0 Å². The summed E-state index contributed by atoms with van der Waals surface area (Å²) >= 11 is 0. The summed E-state index contributed by atoms with van der Waals surface area (Å²) in [6.07, 6.45) is 0.503. The summed E-state index contributed by atoms with van der Waals surface area (Å²) in [5, 5.41) is 2.86. The van der Waals surface area contributed by atoms with Crippen molar-refractivity contribution in [3.05, 3.63) is 0 Å². The smallest absolute Gasteiger partial charge is 0.157 e. The summed E-state index contributed by atoms with van der Waals surface area (Å²) in [4.78, 5) is 0. The van der Waals surface area contributed by atoms with Crippen LogP contribution >= 0.6 is 0 Å². The standard InChI is InChI=1S/C11H23NO3S/c1-9(2)8-12-5-7-16(13,14)11-4-6-15-10(11)3/h9-12H,4-8H2,1-3H3. The van der Waals surface area contributed by atoms with E-state index in [2.05, 4.69) is 19.2 Å². The van der Waals surface area contributed by atoms with E-state index in [1.165, 1.54) is 0 Å². The molecule has 5 heteroatoms. The maximum absolute atomic E-state index is 12.0. The minimum Gasteiger partial charge on any atom is -0.377 e. The lowest BCUT2D eigenvalue weighted by molar-refractivity contribution is 0.126. The van der Waals surface area contributed by atoms with Gasteiger partial charge in [0.1, 0.15) is 0 Å². The Bertz CT molecular complexity index is 300. The first kappa shape index (κ1) is 13.9. The van der Waals surface area contributed by atoms with Gasteiger partial charge in [-0.15, -0.1) is 0 Å². The van der Waals surface area contributed by atoms with Gasteiger partial charge in [-0.1, -0.05) is 13.8 Å². The van der Waals surface area contributed by atoms with Gasteiger partial charge in [0.25, 0.3) is 0 Å². The van der Waals surface area contributed by atoms with Crippen LogP contribution in [0.2, 0.25) is 0 Å². The van der Waals surface area contributed by atoms with Crippen LogP contribution in [0, 0.1) is 5.92 Å². The lowest BCUT2D eigenvalue weighted by Gasteiger charge is -2.15. The topological polar surface area (TPSA) is 55.4 Å². The monoisotopic (exact) mass is 249 g/mol. The molecule has 0 amide bonds. The molecule has 1 rings (SSSR count). The third-order valence-corrected chi connectivity index (χ3v) is 5.20. The van der Waals surface area contributed by atoms with E-state index in [-0.39, 0.29) is 17.1 Å². The zero-order valence-corrected chi connectivity index (χ0v) is 11.2. The molecule has 1 fully saturated rings. The lowest BCUT2D eigenvalue weighted by atomic mass is 10.2. The van der Waals surface area contributed by atoms with E-state index in [9.17, 15) is 8.42 Å². The second-order valence-corrected chi connectivity index (χ2v) is 7.21. The van der Waals surface area contributed by atoms with Crippen LogP contribution in [0.25, 0.3) is 0 Å². The summed E-state index contributed by atoms with van der Waals surface area (Å²) < 4.78 is 29.2. The van der Waals surface area contributed by atoms with Gasteiger partial charge in [-0.2, -0.15) is 0 Å². The molecule has 0 spiro atoms. The fraction of sp³-hybridized carbons (Fsp3) is 1.00. The molecule has 1 N–H and O–H groups in total. The molecule has 0 aromatic heterocycles. The molecule has 96 valence electrons. The number of ether oxygens (including phenoxy) is 1. The molecule has 0 saturated carbocycles. The van der Waals surface area contributed by atoms with Crippen LogP contribution in [0.15, 0.2) is 0 Å². The normalized spacial score (nSPS) is 26.5. The van der Waals surface area contributed by atoms with Gasteiger partial charge < -0.3 is 10.1 Å². The second kappa shape index (κ2) is 5.98. The highest BCUT2D eigenvalue weighted by atomic mass is 32.2. The first-order valence-electron chi connectivity index (χ1n) is 5.97. The van der Waals surface area contributed by atoms with Crippen molar-refractivity contribution in [1.29, 1.82) is 0 Å². The van der Waals surface area contributed by atoms with Crippen LogP contribution in [0.4, 0.5) is 0 Å². The van der Waals surface area contributed by atoms with Crippen molar-refractivity contribution in [1.82, 2.24) is 5.32 Å². The maximum atomic E-state index is 12.0. The Balaban J connectivity index is 2.34. The van der Waals surface area contributed by atoms with Gasteiger partial charge in [-0.25, -0.2) is 8.42 Å². The summed E-state index contributed by atoms with van der Waals surface area (Å²) in [6.45, 7) is 8.04. The molecule has 1 aliphatic heterocycles. The van der Waals surface area contributed by atoms with Gasteiger partial charge in [0.05, 0.1) is 17.1 Å². The Morgan fingerprint density at radius 2 is 2.12 bits per heavy atom. The average molecular weight is 249 g/mol. The molecule has 0 radical (unpaired) electrons. The van der Waals surface area contributed by atoms with Crippen molar-refractivity contribution >= 4 is 9.84 Å². The van der Waals surface area contributed by atoms with Crippen molar-refractivity contribution in [2.75, 3.05) is 25.4 Å². The Morgan fingerprint density at radius 1 is 1.44 bits per heavy atom. The number of hydrogen-bond acceptors (Lipinski definition) is 4. The molecule has 0 aromatic carbocycles. The minimum absolute atomic E-state index is 0.143. The molecular weight excluding hydrogens is 226 g/mol. The number of sulfone groups is 1. The third kappa shape index (κ3) is 4.03. The molecule has 0 aliphatic carbocycles. The van der Waals surface area contributed by atoms with Crippen molar-refractivity contribution in [2.24, 2.45) is 5.92 Å². The molecule has 0 bridgehead atoms. The third-order valence-electron chi connectivity index (χ3n) is 2.88. The molecule has 1 heterocycles. The van der Waals surface area contributed by atoms with Gasteiger partial charge in [0.15, 0.2) is 9.84 Å². The molecule has 16 heavy (non-hydrogen) atoms. The Hall–Kier alpha value is -0.130. The van der Waals surface area contributed by atoms with E-state index in [0.717, 1.165) is 6.54 Å².